The van der Waals surface area contributed by atoms with Gasteiger partial charge >= 0.3 is 0 Å². The van der Waals surface area contributed by atoms with Crippen molar-refractivity contribution in [2.75, 3.05) is 0 Å². The van der Waals surface area contributed by atoms with Crippen LogP contribution in [0.4, 0.5) is 0 Å². The van der Waals surface area contributed by atoms with Gasteiger partial charge in [0.25, 0.3) is 10.1 Å². The highest BCUT2D eigenvalue weighted by Gasteiger charge is 2.50. The molecular weight excluding hydrogens is 406 g/mol. The van der Waals surface area contributed by atoms with E-state index in [0.717, 1.165) is 5.39 Å². The number of pyridine rings is 1. The van der Waals surface area contributed by atoms with Crippen molar-refractivity contribution in [3.8, 4) is 17.1 Å². The van der Waals surface area contributed by atoms with Gasteiger partial charge in [0.15, 0.2) is 0 Å². The summed E-state index contributed by atoms with van der Waals surface area (Å²) in [6.45, 7) is 0. The van der Waals surface area contributed by atoms with E-state index in [4.69, 9.17) is 13.9 Å². The molecule has 0 saturated carbocycles. The number of fused-ring (bicyclic) bond motifs is 1. The lowest BCUT2D eigenvalue weighted by Gasteiger charge is -2.38. The maximum Gasteiger partial charge on any atom is 0.295 e. The molecular formula is C18H17NO9S. The second-order valence-corrected chi connectivity index (χ2v) is 8.03. The van der Waals surface area contributed by atoms with E-state index >= 15 is 0 Å². The van der Waals surface area contributed by atoms with Gasteiger partial charge < -0.3 is 29.2 Å². The van der Waals surface area contributed by atoms with Gasteiger partial charge in [0.1, 0.15) is 35.4 Å². The van der Waals surface area contributed by atoms with Gasteiger partial charge in [-0.1, -0.05) is 18.2 Å². The fourth-order valence-corrected chi connectivity index (χ4v) is 3.80. The Morgan fingerprint density at radius 1 is 1.00 bits per heavy atom. The molecule has 29 heavy (non-hydrogen) atoms. The summed E-state index contributed by atoms with van der Waals surface area (Å²) < 4.78 is 48.1. The van der Waals surface area contributed by atoms with Crippen LogP contribution >= 0.6 is 0 Å². The van der Waals surface area contributed by atoms with Crippen molar-refractivity contribution in [2.24, 2.45) is 0 Å². The Balaban J connectivity index is 1.60. The number of rotatable bonds is 4. The molecule has 154 valence electrons. The predicted octanol–water partition coefficient (Wildman–Crippen LogP) is 0.526. The fraction of sp³-hybridized carbons (Fsp3) is 0.278. The number of furan rings is 1. The SMILES string of the molecule is O=S(=O)(O)C1O[C@@H](Oc2cncc(-c3cc4ccccc4o3)c2)[C@H](O)[C@@H](O)[C@@H]1O. The summed E-state index contributed by atoms with van der Waals surface area (Å²) in [4.78, 5) is 4.02. The maximum absolute atomic E-state index is 11.4. The Bertz CT molecular complexity index is 1100. The lowest BCUT2D eigenvalue weighted by Crippen LogP contribution is -2.61. The number of hydrogen-bond acceptors (Lipinski definition) is 9. The molecule has 4 N–H and O–H groups in total. The van der Waals surface area contributed by atoms with E-state index in [1.807, 2.05) is 18.2 Å². The van der Waals surface area contributed by atoms with Gasteiger partial charge in [-0.25, -0.2) is 0 Å². The zero-order valence-electron chi connectivity index (χ0n) is 14.7. The van der Waals surface area contributed by atoms with Gasteiger partial charge in [0, 0.05) is 17.1 Å². The molecule has 1 saturated heterocycles. The highest BCUT2D eigenvalue weighted by Crippen LogP contribution is 2.31. The molecule has 1 aliphatic rings. The van der Waals surface area contributed by atoms with Gasteiger partial charge in [-0.3, -0.25) is 9.54 Å². The molecule has 0 amide bonds. The summed E-state index contributed by atoms with van der Waals surface area (Å²) in [6, 6.07) is 10.7. The molecule has 3 heterocycles. The van der Waals surface area contributed by atoms with Gasteiger partial charge in [-0.15, -0.1) is 0 Å². The van der Waals surface area contributed by atoms with Crippen LogP contribution in [0.5, 0.6) is 5.75 Å². The second-order valence-electron chi connectivity index (χ2n) is 6.54. The van der Waals surface area contributed by atoms with Crippen LogP contribution in [0.15, 0.2) is 53.2 Å². The van der Waals surface area contributed by atoms with Crippen LogP contribution in [0.25, 0.3) is 22.3 Å². The Morgan fingerprint density at radius 3 is 2.48 bits per heavy atom. The number of hydrogen-bond donors (Lipinski definition) is 4. The Hall–Kier alpha value is -2.54. The Kier molecular flexibility index (Phi) is 5.02. The zero-order chi connectivity index (χ0) is 20.8. The van der Waals surface area contributed by atoms with Crippen molar-refractivity contribution in [2.45, 2.75) is 30.0 Å². The molecule has 1 aromatic carbocycles. The maximum atomic E-state index is 11.4. The van der Waals surface area contributed by atoms with Crippen LogP contribution in [0, 0.1) is 0 Å². The summed E-state index contributed by atoms with van der Waals surface area (Å²) in [7, 11) is -4.88. The first kappa shape index (κ1) is 19.8. The predicted molar refractivity (Wildman–Crippen MR) is 98.3 cm³/mol. The number of aliphatic hydroxyl groups excluding tert-OH is 3. The van der Waals surface area contributed by atoms with Crippen molar-refractivity contribution in [1.29, 1.82) is 0 Å². The molecule has 5 atom stereocenters. The average Bonchev–Trinajstić information content (AvgIpc) is 3.12. The van der Waals surface area contributed by atoms with Crippen LogP contribution in [-0.2, 0) is 14.9 Å². The number of aliphatic hydroxyl groups is 3. The molecule has 2 aromatic heterocycles. The van der Waals surface area contributed by atoms with Gasteiger partial charge in [0.05, 0.1) is 6.20 Å². The molecule has 1 unspecified atom stereocenters. The van der Waals surface area contributed by atoms with Crippen molar-refractivity contribution < 1.29 is 42.2 Å². The van der Waals surface area contributed by atoms with E-state index in [0.29, 0.717) is 16.9 Å². The van der Waals surface area contributed by atoms with Crippen LogP contribution in [0.3, 0.4) is 0 Å². The second kappa shape index (κ2) is 7.37. The van der Waals surface area contributed by atoms with Crippen molar-refractivity contribution in [3.05, 3.63) is 48.8 Å². The van der Waals surface area contributed by atoms with E-state index in [-0.39, 0.29) is 5.75 Å². The lowest BCUT2D eigenvalue weighted by atomic mass is 10.1. The first-order valence-corrected chi connectivity index (χ1v) is 10.0. The standard InChI is InChI=1S/C18H17NO9S/c20-14-15(21)17(28-18(16(14)22)29(23,24)25)26-11-5-10(7-19-8-11)13-6-9-3-1-2-4-12(9)27-13/h1-8,14-18,20-22H,(H,23,24,25)/t14-,15-,16+,17-,18?/m1/s1. The normalized spacial score (nSPS) is 27.8. The molecule has 3 aromatic rings. The summed E-state index contributed by atoms with van der Waals surface area (Å²) in [5, 5.41) is 30.6. The summed E-state index contributed by atoms with van der Waals surface area (Å²) in [6.07, 6.45) is -4.65. The lowest BCUT2D eigenvalue weighted by molar-refractivity contribution is -0.254. The molecule has 0 bridgehead atoms. The highest BCUT2D eigenvalue weighted by atomic mass is 32.2. The van der Waals surface area contributed by atoms with E-state index in [2.05, 4.69) is 4.98 Å². The third-order valence-corrected chi connectivity index (χ3v) is 5.47. The minimum absolute atomic E-state index is 0.0738. The van der Waals surface area contributed by atoms with E-state index in [1.54, 1.807) is 12.1 Å². The number of aromatic nitrogens is 1. The molecule has 1 aliphatic heterocycles. The van der Waals surface area contributed by atoms with Crippen LogP contribution in [0.1, 0.15) is 0 Å². The van der Waals surface area contributed by atoms with Gasteiger partial charge in [-0.2, -0.15) is 8.42 Å². The Morgan fingerprint density at radius 2 is 1.76 bits per heavy atom. The van der Waals surface area contributed by atoms with Crippen LogP contribution < -0.4 is 4.74 Å². The van der Waals surface area contributed by atoms with Crippen LogP contribution in [0.2, 0.25) is 0 Å². The van der Waals surface area contributed by atoms with Crippen molar-refractivity contribution >= 4 is 21.1 Å². The topological polar surface area (TPSA) is 160 Å². The van der Waals surface area contributed by atoms with E-state index in [1.165, 1.54) is 18.5 Å². The third kappa shape index (κ3) is 3.83. The largest absolute Gasteiger partial charge is 0.460 e. The summed E-state index contributed by atoms with van der Waals surface area (Å²) >= 11 is 0. The fourth-order valence-electron chi connectivity index (χ4n) is 3.04. The van der Waals surface area contributed by atoms with E-state index < -0.39 is 40.2 Å². The van der Waals surface area contributed by atoms with Gasteiger partial charge in [-0.05, 0) is 18.2 Å². The molecule has 10 nitrogen and oxygen atoms in total. The summed E-state index contributed by atoms with van der Waals surface area (Å²) in [5.74, 6) is 0.574. The average molecular weight is 423 g/mol. The zero-order valence-corrected chi connectivity index (χ0v) is 15.5. The smallest absolute Gasteiger partial charge is 0.295 e. The number of para-hydroxylation sites is 1. The van der Waals surface area contributed by atoms with E-state index in [9.17, 15) is 28.3 Å². The number of benzene rings is 1. The quantitative estimate of drug-likeness (QED) is 0.436. The first-order valence-electron chi connectivity index (χ1n) is 8.50. The summed E-state index contributed by atoms with van der Waals surface area (Å²) in [5.41, 5.74) is -0.971. The third-order valence-electron chi connectivity index (χ3n) is 4.49. The minimum atomic E-state index is -4.88. The van der Waals surface area contributed by atoms with Crippen molar-refractivity contribution in [1.82, 2.24) is 4.98 Å². The van der Waals surface area contributed by atoms with Crippen LogP contribution in [-0.4, -0.2) is 63.3 Å². The number of nitrogens with zero attached hydrogens (tertiary/aromatic N) is 1. The first-order chi connectivity index (χ1) is 13.7. The monoisotopic (exact) mass is 423 g/mol. The molecule has 11 heteroatoms. The number of ether oxygens (including phenoxy) is 2. The molecule has 1 fully saturated rings. The minimum Gasteiger partial charge on any atom is -0.460 e. The molecule has 0 radical (unpaired) electrons. The molecule has 4 rings (SSSR count). The van der Waals surface area contributed by atoms with Crippen molar-refractivity contribution in [3.63, 3.8) is 0 Å². The molecule has 0 spiro atoms. The Labute approximate surface area is 164 Å². The molecule has 0 aliphatic carbocycles. The highest BCUT2D eigenvalue weighted by molar-refractivity contribution is 7.86. The van der Waals surface area contributed by atoms with Gasteiger partial charge in [0.2, 0.25) is 11.7 Å².